The highest BCUT2D eigenvalue weighted by molar-refractivity contribution is 7.87. The van der Waals surface area contributed by atoms with Gasteiger partial charge in [-0.05, 0) is 13.3 Å². The minimum Gasteiger partial charge on any atom is -0.367 e. The van der Waals surface area contributed by atoms with Crippen LogP contribution in [0.2, 0.25) is 0 Å². The highest BCUT2D eigenvalue weighted by Gasteiger charge is 2.69. The van der Waals surface area contributed by atoms with Gasteiger partial charge in [-0.3, -0.25) is 4.18 Å². The third-order valence-corrected chi connectivity index (χ3v) is 5.44. The van der Waals surface area contributed by atoms with E-state index in [9.17, 15) is 8.42 Å². The van der Waals surface area contributed by atoms with Crippen LogP contribution in [0.5, 0.6) is 0 Å². The summed E-state index contributed by atoms with van der Waals surface area (Å²) >= 11 is 0. The van der Waals surface area contributed by atoms with Crippen molar-refractivity contribution in [3.63, 3.8) is 0 Å². The Hall–Kier alpha value is -0.130. The van der Waals surface area contributed by atoms with Crippen molar-refractivity contribution in [1.29, 1.82) is 0 Å². The van der Waals surface area contributed by atoms with Crippen LogP contribution in [0.25, 0.3) is 0 Å². The van der Waals surface area contributed by atoms with Gasteiger partial charge in [0.25, 0.3) is 10.1 Å². The molecule has 0 amide bonds. The molecule has 0 saturated carbocycles. The van der Waals surface area contributed by atoms with E-state index in [0.717, 1.165) is 0 Å². The van der Waals surface area contributed by atoms with Gasteiger partial charge in [0.1, 0.15) is 17.5 Å². The van der Waals surface area contributed by atoms with Crippen molar-refractivity contribution >= 4 is 10.1 Å². The van der Waals surface area contributed by atoms with E-state index in [1.807, 2.05) is 13.8 Å². The van der Waals surface area contributed by atoms with E-state index in [4.69, 9.17) is 8.92 Å². The molecule has 4 nitrogen and oxygen atoms in total. The number of fused-ring (bicyclic) bond motifs is 1. The summed E-state index contributed by atoms with van der Waals surface area (Å²) in [5.41, 5.74) is -0.274. The van der Waals surface area contributed by atoms with Crippen LogP contribution in [0.3, 0.4) is 0 Å². The molecule has 5 unspecified atom stereocenters. The molecule has 5 heteroatoms. The van der Waals surface area contributed by atoms with Gasteiger partial charge in [-0.1, -0.05) is 6.92 Å². The quantitative estimate of drug-likeness (QED) is 0.532. The highest BCUT2D eigenvalue weighted by atomic mass is 32.2. The van der Waals surface area contributed by atoms with E-state index in [0.29, 0.717) is 6.42 Å². The lowest BCUT2D eigenvalue weighted by atomic mass is 9.79. The fraction of sp³-hybridized carbons (Fsp3) is 1.00. The summed E-state index contributed by atoms with van der Waals surface area (Å²) in [5, 5.41) is -0.404. The maximum atomic E-state index is 11.5. The molecule has 0 aromatic heterocycles. The Morgan fingerprint density at radius 1 is 1.38 bits per heavy atom. The summed E-state index contributed by atoms with van der Waals surface area (Å²) in [6.45, 7) is 3.98. The minimum atomic E-state index is -3.33. The molecule has 0 N–H and O–H groups in total. The molecule has 3 rings (SSSR count). The predicted octanol–water partition coefficient (Wildman–Crippen LogP) is 0.281. The lowest BCUT2D eigenvalue weighted by Gasteiger charge is -2.26. The Balaban J connectivity index is 2.14. The van der Waals surface area contributed by atoms with Gasteiger partial charge in [0.05, 0.1) is 5.60 Å². The summed E-state index contributed by atoms with van der Waals surface area (Å²) in [6, 6.07) is 0. The number of hydrogen-bond acceptors (Lipinski definition) is 4. The molecule has 3 saturated heterocycles. The molecule has 3 fully saturated rings. The third-order valence-electron chi connectivity index (χ3n) is 3.77. The van der Waals surface area contributed by atoms with Crippen molar-refractivity contribution in [1.82, 2.24) is 0 Å². The Morgan fingerprint density at radius 3 is 2.62 bits per heavy atom. The maximum absolute atomic E-state index is 11.5. The van der Waals surface area contributed by atoms with Crippen LogP contribution >= 0.6 is 0 Å². The van der Waals surface area contributed by atoms with Gasteiger partial charge in [0.15, 0.2) is 0 Å². The van der Waals surface area contributed by atoms with Crippen molar-refractivity contribution in [3.8, 4) is 0 Å². The number of hydrogen-bond donors (Lipinski definition) is 0. The van der Waals surface area contributed by atoms with Gasteiger partial charge >= 0.3 is 0 Å². The van der Waals surface area contributed by atoms with Gasteiger partial charge in [-0.2, -0.15) is 8.42 Å². The molecule has 0 aromatic carbocycles. The molecule has 0 aliphatic carbocycles. The van der Waals surface area contributed by atoms with Gasteiger partial charge in [-0.25, -0.2) is 0 Å². The summed E-state index contributed by atoms with van der Waals surface area (Å²) < 4.78 is 33.7. The van der Waals surface area contributed by atoms with E-state index < -0.39 is 15.4 Å². The van der Waals surface area contributed by atoms with Crippen LogP contribution in [-0.2, 0) is 19.0 Å². The van der Waals surface area contributed by atoms with Gasteiger partial charge in [0, 0.05) is 5.92 Å². The minimum absolute atomic E-state index is 0.186. The fourth-order valence-electron chi connectivity index (χ4n) is 2.78. The molecule has 5 atom stereocenters. The molecule has 0 spiro atoms. The Morgan fingerprint density at radius 2 is 2.08 bits per heavy atom. The molecule has 3 aliphatic heterocycles. The van der Waals surface area contributed by atoms with Crippen LogP contribution in [0.1, 0.15) is 20.3 Å². The maximum Gasteiger partial charge on any atom is 0.273 e. The molecule has 0 aromatic rings. The summed E-state index contributed by atoms with van der Waals surface area (Å²) in [5.74, 6) is 0.186. The zero-order valence-corrected chi connectivity index (χ0v) is 8.37. The largest absolute Gasteiger partial charge is 0.367 e. The summed E-state index contributed by atoms with van der Waals surface area (Å²) in [7, 11) is -3.33. The van der Waals surface area contributed by atoms with E-state index >= 15 is 0 Å². The SMILES string of the molecule is CC1C2OS(=O)(=O)C3CC1(C)OC23. The topological polar surface area (TPSA) is 52.6 Å². The lowest BCUT2D eigenvalue weighted by Crippen LogP contribution is -2.38. The van der Waals surface area contributed by atoms with E-state index in [1.54, 1.807) is 0 Å². The van der Waals surface area contributed by atoms with Crippen molar-refractivity contribution < 1.29 is 17.3 Å². The molecule has 3 aliphatic rings. The van der Waals surface area contributed by atoms with Crippen molar-refractivity contribution in [3.05, 3.63) is 0 Å². The van der Waals surface area contributed by atoms with Crippen LogP contribution in [0, 0.1) is 5.92 Å². The molecular weight excluding hydrogens is 192 g/mol. The highest BCUT2D eigenvalue weighted by Crippen LogP contribution is 2.55. The number of ether oxygens (including phenoxy) is 1. The second kappa shape index (κ2) is 1.94. The predicted molar refractivity (Wildman–Crippen MR) is 44.6 cm³/mol. The molecule has 2 bridgehead atoms. The van der Waals surface area contributed by atoms with Crippen LogP contribution < -0.4 is 0 Å². The smallest absolute Gasteiger partial charge is 0.273 e. The van der Waals surface area contributed by atoms with E-state index in [-0.39, 0.29) is 23.7 Å². The second-order valence-electron chi connectivity index (χ2n) is 4.48. The Kier molecular flexibility index (Phi) is 1.23. The number of rotatable bonds is 0. The normalized spacial score (nSPS) is 61.7. The van der Waals surface area contributed by atoms with Crippen molar-refractivity contribution in [2.24, 2.45) is 5.92 Å². The molecule has 0 radical (unpaired) electrons. The van der Waals surface area contributed by atoms with Gasteiger partial charge in [0.2, 0.25) is 0 Å². The van der Waals surface area contributed by atoms with Crippen molar-refractivity contribution in [2.75, 3.05) is 0 Å². The average molecular weight is 204 g/mol. The first-order valence-corrected chi connectivity index (χ1v) is 6.01. The van der Waals surface area contributed by atoms with E-state index in [1.165, 1.54) is 0 Å². The van der Waals surface area contributed by atoms with Gasteiger partial charge in [-0.15, -0.1) is 0 Å². The third kappa shape index (κ3) is 0.765. The molecule has 74 valence electrons. The standard InChI is InChI=1S/C8H12O4S/c1-4-6-7-5(13(9,10)12-6)3-8(4,2)11-7/h4-7H,3H2,1-2H3. The zero-order valence-electron chi connectivity index (χ0n) is 7.56. The first-order valence-electron chi connectivity index (χ1n) is 4.54. The summed E-state index contributed by atoms with van der Waals surface area (Å²) in [4.78, 5) is 0. The van der Waals surface area contributed by atoms with Crippen LogP contribution in [0.4, 0.5) is 0 Å². The first-order chi connectivity index (χ1) is 5.94. The van der Waals surface area contributed by atoms with Crippen molar-refractivity contribution in [2.45, 2.75) is 43.3 Å². The Labute approximate surface area is 77.3 Å². The first kappa shape index (κ1) is 8.20. The Bertz CT molecular complexity index is 362. The van der Waals surface area contributed by atoms with E-state index in [2.05, 4.69) is 0 Å². The monoisotopic (exact) mass is 204 g/mol. The lowest BCUT2D eigenvalue weighted by molar-refractivity contribution is 0.0101. The van der Waals surface area contributed by atoms with Crippen LogP contribution in [0.15, 0.2) is 0 Å². The van der Waals surface area contributed by atoms with Crippen LogP contribution in [-0.4, -0.2) is 31.5 Å². The summed E-state index contributed by atoms with van der Waals surface area (Å²) in [6.07, 6.45) is 0.163. The van der Waals surface area contributed by atoms with Gasteiger partial charge < -0.3 is 4.74 Å². The molecule has 3 heterocycles. The molecule has 13 heavy (non-hydrogen) atoms. The second-order valence-corrected chi connectivity index (χ2v) is 6.26. The average Bonchev–Trinajstić information content (AvgIpc) is 2.52. The molecular formula is C8H12O4S. The zero-order chi connectivity index (χ0) is 9.43. The fourth-order valence-corrected chi connectivity index (χ4v) is 4.59.